The van der Waals surface area contributed by atoms with Crippen LogP contribution in [0.3, 0.4) is 0 Å². The van der Waals surface area contributed by atoms with Gasteiger partial charge >= 0.3 is 0 Å². The average Bonchev–Trinajstić information content (AvgIpc) is 2.68. The van der Waals surface area contributed by atoms with Crippen molar-refractivity contribution in [2.45, 2.75) is 37.1 Å². The molecule has 1 amide bonds. The Morgan fingerprint density at radius 3 is 2.54 bits per heavy atom. The number of hydrogen-bond acceptors (Lipinski definition) is 4. The molecule has 1 aliphatic heterocycles. The Kier molecular flexibility index (Phi) is 6.27. The monoisotopic (exact) mass is 422 g/mol. The molecule has 1 N–H and O–H groups in total. The van der Waals surface area contributed by atoms with Gasteiger partial charge in [0, 0.05) is 12.2 Å². The minimum Gasteiger partial charge on any atom is -0.495 e. The lowest BCUT2D eigenvalue weighted by atomic mass is 10.0. The van der Waals surface area contributed by atoms with Gasteiger partial charge in [0.15, 0.2) is 0 Å². The number of piperidine rings is 1. The number of benzene rings is 2. The zero-order valence-corrected chi connectivity index (χ0v) is 17.4. The first-order valence-electron chi connectivity index (χ1n) is 9.06. The highest BCUT2D eigenvalue weighted by Gasteiger charge is 2.37. The molecule has 1 aliphatic rings. The van der Waals surface area contributed by atoms with Crippen LogP contribution >= 0.6 is 11.6 Å². The molecule has 0 radical (unpaired) electrons. The quantitative estimate of drug-likeness (QED) is 0.794. The fraction of sp³-hybridized carbons (Fsp3) is 0.350. The normalized spacial score (nSPS) is 17.9. The number of nitrogens with one attached hydrogen (secondary N) is 1. The fourth-order valence-corrected chi connectivity index (χ4v) is 5.18. The molecule has 3 rings (SSSR count). The second kappa shape index (κ2) is 8.51. The number of methoxy groups -OCH3 is 1. The van der Waals surface area contributed by atoms with E-state index in [2.05, 4.69) is 5.32 Å². The standard InChI is InChI=1S/C20H23ClN2O4S/c1-14-6-9-16(10-7-14)28(25,26)23-12-4-3-5-18(23)20(24)22-15-8-11-19(27-2)17(21)13-15/h6-11,13,18H,3-5,12H2,1-2H3,(H,22,24)/t18-/m0/s1. The molecular formula is C20H23ClN2O4S. The third-order valence-corrected chi connectivity index (χ3v) is 7.02. The number of rotatable bonds is 5. The predicted molar refractivity (Wildman–Crippen MR) is 109 cm³/mol. The fourth-order valence-electron chi connectivity index (χ4n) is 3.27. The van der Waals surface area contributed by atoms with Crippen molar-refractivity contribution in [2.24, 2.45) is 0 Å². The maximum Gasteiger partial charge on any atom is 0.243 e. The number of ether oxygens (including phenoxy) is 1. The molecule has 28 heavy (non-hydrogen) atoms. The van der Waals surface area contributed by atoms with Crippen molar-refractivity contribution < 1.29 is 17.9 Å². The summed E-state index contributed by atoms with van der Waals surface area (Å²) in [5, 5.41) is 3.15. The first-order chi connectivity index (χ1) is 13.3. The van der Waals surface area contributed by atoms with Gasteiger partial charge in [-0.3, -0.25) is 4.79 Å². The maximum atomic E-state index is 13.1. The van der Waals surface area contributed by atoms with Crippen LogP contribution in [0.4, 0.5) is 5.69 Å². The molecular weight excluding hydrogens is 400 g/mol. The Balaban J connectivity index is 1.83. The van der Waals surface area contributed by atoms with Crippen LogP contribution in [0.2, 0.25) is 5.02 Å². The highest BCUT2D eigenvalue weighted by molar-refractivity contribution is 7.89. The number of carbonyl (C=O) groups is 1. The van der Waals surface area contributed by atoms with E-state index in [0.717, 1.165) is 18.4 Å². The zero-order valence-electron chi connectivity index (χ0n) is 15.8. The summed E-state index contributed by atoms with van der Waals surface area (Å²) in [4.78, 5) is 13.1. The second-order valence-corrected chi connectivity index (χ2v) is 9.08. The molecule has 0 saturated carbocycles. The van der Waals surface area contributed by atoms with Gasteiger partial charge < -0.3 is 10.1 Å². The van der Waals surface area contributed by atoms with E-state index in [0.29, 0.717) is 29.4 Å². The molecule has 0 aliphatic carbocycles. The Labute approximate surface area is 170 Å². The topological polar surface area (TPSA) is 75.7 Å². The lowest BCUT2D eigenvalue weighted by Gasteiger charge is -2.33. The van der Waals surface area contributed by atoms with Crippen molar-refractivity contribution >= 4 is 33.2 Å². The van der Waals surface area contributed by atoms with Crippen LogP contribution in [0.5, 0.6) is 5.75 Å². The molecule has 0 spiro atoms. The molecule has 2 aromatic carbocycles. The van der Waals surface area contributed by atoms with Crippen molar-refractivity contribution in [3.8, 4) is 5.75 Å². The molecule has 0 unspecified atom stereocenters. The van der Waals surface area contributed by atoms with E-state index < -0.39 is 16.1 Å². The van der Waals surface area contributed by atoms with Crippen LogP contribution in [0, 0.1) is 6.92 Å². The van der Waals surface area contributed by atoms with E-state index in [1.165, 1.54) is 11.4 Å². The van der Waals surface area contributed by atoms with Gasteiger partial charge in [0.1, 0.15) is 11.8 Å². The molecule has 1 atom stereocenters. The summed E-state index contributed by atoms with van der Waals surface area (Å²) in [6.45, 7) is 2.21. The summed E-state index contributed by atoms with van der Waals surface area (Å²) in [5.41, 5.74) is 1.47. The van der Waals surface area contributed by atoms with E-state index in [9.17, 15) is 13.2 Å². The summed E-state index contributed by atoms with van der Waals surface area (Å²) in [5.74, 6) is 0.137. The zero-order chi connectivity index (χ0) is 20.3. The predicted octanol–water partition coefficient (Wildman–Crippen LogP) is 3.84. The Bertz CT molecular complexity index is 961. The molecule has 0 bridgehead atoms. The van der Waals surface area contributed by atoms with E-state index in [4.69, 9.17) is 16.3 Å². The molecule has 1 saturated heterocycles. The highest BCUT2D eigenvalue weighted by atomic mass is 35.5. The van der Waals surface area contributed by atoms with Crippen molar-refractivity contribution in [2.75, 3.05) is 19.0 Å². The first-order valence-corrected chi connectivity index (χ1v) is 10.9. The van der Waals surface area contributed by atoms with E-state index in [1.54, 1.807) is 42.5 Å². The summed E-state index contributed by atoms with van der Waals surface area (Å²) in [6, 6.07) is 10.8. The van der Waals surface area contributed by atoms with Gasteiger partial charge in [-0.15, -0.1) is 0 Å². The van der Waals surface area contributed by atoms with Crippen LogP contribution in [-0.4, -0.2) is 38.3 Å². The summed E-state index contributed by atoms with van der Waals surface area (Å²) >= 11 is 6.11. The lowest BCUT2D eigenvalue weighted by molar-refractivity contribution is -0.120. The molecule has 1 heterocycles. The number of aryl methyl sites for hydroxylation is 1. The third kappa shape index (κ3) is 4.32. The van der Waals surface area contributed by atoms with E-state index in [1.807, 2.05) is 6.92 Å². The first kappa shape index (κ1) is 20.6. The van der Waals surface area contributed by atoms with Gasteiger partial charge in [-0.2, -0.15) is 4.31 Å². The number of nitrogens with zero attached hydrogens (tertiary/aromatic N) is 1. The van der Waals surface area contributed by atoms with Gasteiger partial charge in [-0.25, -0.2) is 8.42 Å². The van der Waals surface area contributed by atoms with Crippen molar-refractivity contribution in [1.29, 1.82) is 0 Å². The van der Waals surface area contributed by atoms with Crippen molar-refractivity contribution in [3.63, 3.8) is 0 Å². The number of amides is 1. The molecule has 1 fully saturated rings. The average molecular weight is 423 g/mol. The molecule has 150 valence electrons. The largest absolute Gasteiger partial charge is 0.495 e. The summed E-state index contributed by atoms with van der Waals surface area (Å²) < 4.78 is 32.6. The van der Waals surface area contributed by atoms with Gasteiger partial charge in [0.05, 0.1) is 17.0 Å². The Hall–Kier alpha value is -2.09. The number of carbonyl (C=O) groups excluding carboxylic acids is 1. The van der Waals surface area contributed by atoms with E-state index >= 15 is 0 Å². The Morgan fingerprint density at radius 2 is 1.89 bits per heavy atom. The number of halogens is 1. The molecule has 2 aromatic rings. The summed E-state index contributed by atoms with van der Waals surface area (Å²) in [6.07, 6.45) is 1.99. The van der Waals surface area contributed by atoms with Gasteiger partial charge in [-0.05, 0) is 50.1 Å². The van der Waals surface area contributed by atoms with E-state index in [-0.39, 0.29) is 10.8 Å². The van der Waals surface area contributed by atoms with Crippen molar-refractivity contribution in [1.82, 2.24) is 4.31 Å². The third-order valence-electron chi connectivity index (χ3n) is 4.80. The van der Waals surface area contributed by atoms with Crippen LogP contribution < -0.4 is 10.1 Å². The SMILES string of the molecule is COc1ccc(NC(=O)[C@@H]2CCCCN2S(=O)(=O)c2ccc(C)cc2)cc1Cl. The number of sulfonamides is 1. The molecule has 6 nitrogen and oxygen atoms in total. The minimum absolute atomic E-state index is 0.199. The number of anilines is 1. The maximum absolute atomic E-state index is 13.1. The smallest absolute Gasteiger partial charge is 0.243 e. The second-order valence-electron chi connectivity index (χ2n) is 6.78. The van der Waals surface area contributed by atoms with Gasteiger partial charge in [0.2, 0.25) is 15.9 Å². The molecule has 0 aromatic heterocycles. The Morgan fingerprint density at radius 1 is 1.18 bits per heavy atom. The van der Waals surface area contributed by atoms with Gasteiger partial charge in [-0.1, -0.05) is 35.7 Å². The van der Waals surface area contributed by atoms with Crippen LogP contribution in [0.1, 0.15) is 24.8 Å². The van der Waals surface area contributed by atoms with Crippen LogP contribution in [0.25, 0.3) is 0 Å². The molecule has 8 heteroatoms. The summed E-state index contributed by atoms with van der Waals surface area (Å²) in [7, 11) is -2.25. The van der Waals surface area contributed by atoms with Crippen molar-refractivity contribution in [3.05, 3.63) is 53.1 Å². The highest BCUT2D eigenvalue weighted by Crippen LogP contribution is 2.29. The lowest BCUT2D eigenvalue weighted by Crippen LogP contribution is -2.49. The number of hydrogen-bond donors (Lipinski definition) is 1. The van der Waals surface area contributed by atoms with Crippen LogP contribution in [0.15, 0.2) is 47.4 Å². The minimum atomic E-state index is -3.76. The van der Waals surface area contributed by atoms with Gasteiger partial charge in [0.25, 0.3) is 0 Å². The van der Waals surface area contributed by atoms with Crippen LogP contribution in [-0.2, 0) is 14.8 Å².